The number of nitrogens with zero attached hydrogens (tertiary/aromatic N) is 1. The van der Waals surface area contributed by atoms with E-state index in [4.69, 9.17) is 14.2 Å². The van der Waals surface area contributed by atoms with Crippen LogP contribution >= 0.6 is 11.3 Å². The predicted octanol–water partition coefficient (Wildman–Crippen LogP) is 5.36. The first-order valence-electron chi connectivity index (χ1n) is 10.5. The fraction of sp³-hybridized carbons (Fsp3) is 0.154. The minimum atomic E-state index is -0.220. The summed E-state index contributed by atoms with van der Waals surface area (Å²) in [6.07, 6.45) is 0. The Labute approximate surface area is 195 Å². The first-order valence-corrected chi connectivity index (χ1v) is 11.4. The third kappa shape index (κ3) is 4.99. The van der Waals surface area contributed by atoms with Crippen molar-refractivity contribution in [3.05, 3.63) is 94.5 Å². The van der Waals surface area contributed by atoms with Gasteiger partial charge in [0, 0.05) is 17.5 Å². The highest BCUT2D eigenvalue weighted by molar-refractivity contribution is 7.13. The number of amides is 1. The summed E-state index contributed by atoms with van der Waals surface area (Å²) in [6, 6.07) is 21.6. The number of aryl methyl sites for hydroxylation is 1. The Balaban J connectivity index is 1.21. The van der Waals surface area contributed by atoms with Crippen LogP contribution in [0.5, 0.6) is 17.2 Å². The smallest absolute Gasteiger partial charge is 0.271 e. The molecule has 0 unspecified atom stereocenters. The Bertz CT molecular complexity index is 1300. The van der Waals surface area contributed by atoms with Crippen LogP contribution in [-0.2, 0) is 13.2 Å². The molecule has 0 aliphatic carbocycles. The summed E-state index contributed by atoms with van der Waals surface area (Å²) < 4.78 is 16.7. The summed E-state index contributed by atoms with van der Waals surface area (Å²) in [5.41, 5.74) is 4.56. The highest BCUT2D eigenvalue weighted by Crippen LogP contribution is 2.32. The van der Waals surface area contributed by atoms with Crippen molar-refractivity contribution in [3.63, 3.8) is 0 Å². The topological polar surface area (TPSA) is 69.7 Å². The van der Waals surface area contributed by atoms with E-state index in [-0.39, 0.29) is 12.7 Å². The molecule has 0 saturated carbocycles. The van der Waals surface area contributed by atoms with E-state index < -0.39 is 0 Å². The van der Waals surface area contributed by atoms with E-state index in [0.717, 1.165) is 33.2 Å². The third-order valence-electron chi connectivity index (χ3n) is 5.20. The summed E-state index contributed by atoms with van der Waals surface area (Å²) in [6.45, 7) is 3.17. The predicted molar refractivity (Wildman–Crippen MR) is 127 cm³/mol. The van der Waals surface area contributed by atoms with Crippen molar-refractivity contribution in [2.24, 2.45) is 0 Å². The highest BCUT2D eigenvalue weighted by Gasteiger charge is 2.15. The zero-order valence-electron chi connectivity index (χ0n) is 18.0. The molecule has 0 spiro atoms. The van der Waals surface area contributed by atoms with Gasteiger partial charge in [-0.3, -0.25) is 4.79 Å². The van der Waals surface area contributed by atoms with Crippen molar-refractivity contribution in [1.82, 2.24) is 10.3 Å². The highest BCUT2D eigenvalue weighted by atomic mass is 32.1. The molecule has 4 aromatic rings. The van der Waals surface area contributed by atoms with Gasteiger partial charge in [0.2, 0.25) is 6.79 Å². The number of aromatic nitrogens is 1. The first kappa shape index (κ1) is 21.0. The largest absolute Gasteiger partial charge is 0.489 e. The average molecular weight is 459 g/mol. The van der Waals surface area contributed by atoms with Crippen LogP contribution in [0.3, 0.4) is 0 Å². The van der Waals surface area contributed by atoms with E-state index in [2.05, 4.69) is 29.4 Å². The maximum absolute atomic E-state index is 12.6. The Morgan fingerprint density at radius 1 is 1.03 bits per heavy atom. The van der Waals surface area contributed by atoms with Gasteiger partial charge in [0.15, 0.2) is 11.5 Å². The van der Waals surface area contributed by atoms with Crippen LogP contribution in [0.25, 0.3) is 10.6 Å². The Morgan fingerprint density at radius 3 is 2.82 bits per heavy atom. The number of ether oxygens (including phenoxy) is 3. The number of hydrogen-bond donors (Lipinski definition) is 1. The first-order chi connectivity index (χ1) is 16.1. The number of benzene rings is 3. The molecule has 166 valence electrons. The quantitative estimate of drug-likeness (QED) is 0.404. The fourth-order valence-corrected chi connectivity index (χ4v) is 4.32. The number of fused-ring (bicyclic) bond motifs is 1. The molecule has 0 saturated heterocycles. The van der Waals surface area contributed by atoms with Gasteiger partial charge in [0.25, 0.3) is 5.91 Å². The van der Waals surface area contributed by atoms with Crippen LogP contribution in [0.2, 0.25) is 0 Å². The van der Waals surface area contributed by atoms with Crippen LogP contribution in [0.4, 0.5) is 0 Å². The van der Waals surface area contributed by atoms with Crippen molar-refractivity contribution in [1.29, 1.82) is 0 Å². The zero-order chi connectivity index (χ0) is 22.6. The van der Waals surface area contributed by atoms with Gasteiger partial charge in [0.05, 0.1) is 0 Å². The van der Waals surface area contributed by atoms with Gasteiger partial charge in [-0.05, 0) is 42.3 Å². The van der Waals surface area contributed by atoms with E-state index in [0.29, 0.717) is 24.6 Å². The van der Waals surface area contributed by atoms with Crippen LogP contribution in [-0.4, -0.2) is 17.7 Å². The molecule has 1 aliphatic rings. The van der Waals surface area contributed by atoms with E-state index in [1.807, 2.05) is 54.6 Å². The maximum atomic E-state index is 12.6. The summed E-state index contributed by atoms with van der Waals surface area (Å²) in [4.78, 5) is 17.1. The maximum Gasteiger partial charge on any atom is 0.271 e. The van der Waals surface area contributed by atoms with Gasteiger partial charge >= 0.3 is 0 Å². The Morgan fingerprint density at radius 2 is 1.91 bits per heavy atom. The minimum absolute atomic E-state index is 0.220. The molecule has 2 heterocycles. The minimum Gasteiger partial charge on any atom is -0.489 e. The van der Waals surface area contributed by atoms with Crippen molar-refractivity contribution in [3.8, 4) is 27.8 Å². The lowest BCUT2D eigenvalue weighted by molar-refractivity contribution is 0.0946. The average Bonchev–Trinajstić information content (AvgIpc) is 3.51. The molecule has 5 rings (SSSR count). The van der Waals surface area contributed by atoms with E-state index in [1.54, 1.807) is 5.38 Å². The lowest BCUT2D eigenvalue weighted by atomic mass is 10.1. The molecule has 1 aromatic heterocycles. The lowest BCUT2D eigenvalue weighted by Gasteiger charge is -2.08. The molecule has 0 bridgehead atoms. The molecule has 7 heteroatoms. The van der Waals surface area contributed by atoms with Gasteiger partial charge in [-0.1, -0.05) is 48.0 Å². The Hall–Kier alpha value is -3.84. The van der Waals surface area contributed by atoms with Gasteiger partial charge in [-0.2, -0.15) is 0 Å². The van der Waals surface area contributed by atoms with Crippen molar-refractivity contribution >= 4 is 17.2 Å². The van der Waals surface area contributed by atoms with E-state index >= 15 is 0 Å². The molecule has 0 radical (unpaired) electrons. The molecule has 1 amide bonds. The van der Waals surface area contributed by atoms with Gasteiger partial charge in [0.1, 0.15) is 23.1 Å². The van der Waals surface area contributed by atoms with Crippen molar-refractivity contribution in [2.75, 3.05) is 6.79 Å². The zero-order valence-corrected chi connectivity index (χ0v) is 18.9. The van der Waals surface area contributed by atoms with Gasteiger partial charge in [-0.15, -0.1) is 11.3 Å². The number of thiazole rings is 1. The standard InChI is InChI=1S/C26H22N2O4S/c1-17-4-2-5-19(10-17)14-30-21-7-3-6-20(12-21)26-28-22(15-33-26)25(29)27-13-18-8-9-23-24(11-18)32-16-31-23/h2-12,15H,13-14,16H2,1H3,(H,27,29). The van der Waals surface area contributed by atoms with Crippen molar-refractivity contribution < 1.29 is 19.0 Å². The van der Waals surface area contributed by atoms with Crippen LogP contribution in [0, 0.1) is 6.92 Å². The molecule has 33 heavy (non-hydrogen) atoms. The number of nitrogens with one attached hydrogen (secondary N) is 1. The molecule has 1 N–H and O–H groups in total. The van der Waals surface area contributed by atoms with Crippen LogP contribution in [0.15, 0.2) is 72.1 Å². The van der Waals surface area contributed by atoms with Crippen molar-refractivity contribution in [2.45, 2.75) is 20.1 Å². The van der Waals surface area contributed by atoms with Gasteiger partial charge < -0.3 is 19.5 Å². The van der Waals surface area contributed by atoms with Gasteiger partial charge in [-0.25, -0.2) is 4.98 Å². The molecule has 0 atom stereocenters. The summed E-state index contributed by atoms with van der Waals surface area (Å²) >= 11 is 1.43. The molecule has 1 aliphatic heterocycles. The fourth-order valence-electron chi connectivity index (χ4n) is 3.52. The monoisotopic (exact) mass is 458 g/mol. The third-order valence-corrected chi connectivity index (χ3v) is 6.09. The summed E-state index contributed by atoms with van der Waals surface area (Å²) in [5, 5.41) is 5.45. The molecule has 0 fully saturated rings. The van der Waals surface area contributed by atoms with Crippen LogP contribution < -0.4 is 19.5 Å². The number of carbonyl (C=O) groups excluding carboxylic acids is 1. The van der Waals surface area contributed by atoms with E-state index in [9.17, 15) is 4.79 Å². The number of carbonyl (C=O) groups is 1. The SMILES string of the molecule is Cc1cccc(COc2cccc(-c3nc(C(=O)NCc4ccc5c(c4)OCO5)cs3)c2)c1. The second kappa shape index (κ2) is 9.34. The number of rotatable bonds is 7. The molecule has 3 aromatic carbocycles. The van der Waals surface area contributed by atoms with Crippen LogP contribution in [0.1, 0.15) is 27.2 Å². The lowest BCUT2D eigenvalue weighted by Crippen LogP contribution is -2.23. The second-order valence-electron chi connectivity index (χ2n) is 7.71. The molecule has 6 nitrogen and oxygen atoms in total. The molecular weight excluding hydrogens is 436 g/mol. The Kier molecular flexibility index (Phi) is 5.95. The summed E-state index contributed by atoms with van der Waals surface area (Å²) in [7, 11) is 0. The summed E-state index contributed by atoms with van der Waals surface area (Å²) in [5.74, 6) is 1.96. The molecular formula is C26H22N2O4S. The number of hydrogen-bond acceptors (Lipinski definition) is 6. The second-order valence-corrected chi connectivity index (χ2v) is 8.57. The van der Waals surface area contributed by atoms with E-state index in [1.165, 1.54) is 16.9 Å². The normalized spacial score (nSPS) is 11.9.